The zero-order valence-electron chi connectivity index (χ0n) is 12.9. The third kappa shape index (κ3) is 3.18. The van der Waals surface area contributed by atoms with Crippen LogP contribution in [0.1, 0.15) is 23.1 Å². The molecule has 0 radical (unpaired) electrons. The Morgan fingerprint density at radius 1 is 1.17 bits per heavy atom. The third-order valence-electron chi connectivity index (χ3n) is 3.73. The number of ether oxygens (including phenoxy) is 1. The number of rotatable bonds is 6. The first kappa shape index (κ1) is 15.1. The highest BCUT2D eigenvalue weighted by atomic mass is 16.5. The summed E-state index contributed by atoms with van der Waals surface area (Å²) in [7, 11) is 0. The number of hydrogen-bond donors (Lipinski definition) is 1. The van der Waals surface area contributed by atoms with E-state index in [4.69, 9.17) is 9.84 Å². The van der Waals surface area contributed by atoms with E-state index in [2.05, 4.69) is 22.5 Å². The van der Waals surface area contributed by atoms with Crippen LogP contribution < -0.4 is 4.74 Å². The Hall–Kier alpha value is -2.82. The van der Waals surface area contributed by atoms with Crippen LogP contribution in [0.5, 0.6) is 5.75 Å². The Morgan fingerprint density at radius 2 is 1.91 bits per heavy atom. The molecular formula is C18H18N2O3. The van der Waals surface area contributed by atoms with E-state index in [1.807, 2.05) is 18.2 Å². The summed E-state index contributed by atoms with van der Waals surface area (Å²) in [4.78, 5) is 15.5. The van der Waals surface area contributed by atoms with Gasteiger partial charge in [-0.15, -0.1) is 0 Å². The highest BCUT2D eigenvalue weighted by Crippen LogP contribution is 2.17. The summed E-state index contributed by atoms with van der Waals surface area (Å²) in [6.07, 6.45) is 0.863. The lowest BCUT2D eigenvalue weighted by Gasteiger charge is -2.10. The van der Waals surface area contributed by atoms with Crippen molar-refractivity contribution in [2.75, 3.05) is 6.61 Å². The number of benzene rings is 2. The molecule has 0 unspecified atom stereocenters. The van der Waals surface area contributed by atoms with Crippen molar-refractivity contribution in [1.29, 1.82) is 0 Å². The number of nitrogens with zero attached hydrogens (tertiary/aromatic N) is 2. The van der Waals surface area contributed by atoms with Crippen LogP contribution in [0.4, 0.5) is 0 Å². The highest BCUT2D eigenvalue weighted by Gasteiger charge is 2.08. The second-order valence-corrected chi connectivity index (χ2v) is 5.20. The lowest BCUT2D eigenvalue weighted by Crippen LogP contribution is -2.11. The van der Waals surface area contributed by atoms with E-state index in [9.17, 15) is 4.79 Å². The van der Waals surface area contributed by atoms with E-state index in [1.54, 1.807) is 24.3 Å². The van der Waals surface area contributed by atoms with Crippen molar-refractivity contribution < 1.29 is 14.6 Å². The number of carboxylic acids is 1. The molecule has 0 fully saturated rings. The number of carboxylic acid groups (broad SMARTS) is 1. The minimum Gasteiger partial charge on any atom is -0.492 e. The first-order valence-electron chi connectivity index (χ1n) is 7.59. The zero-order chi connectivity index (χ0) is 16.2. The molecule has 118 valence electrons. The molecule has 0 saturated heterocycles. The van der Waals surface area contributed by atoms with Gasteiger partial charge in [-0.3, -0.25) is 0 Å². The highest BCUT2D eigenvalue weighted by molar-refractivity contribution is 5.87. The van der Waals surface area contributed by atoms with Crippen molar-refractivity contribution in [3.8, 4) is 5.75 Å². The molecule has 23 heavy (non-hydrogen) atoms. The van der Waals surface area contributed by atoms with Crippen molar-refractivity contribution >= 4 is 17.0 Å². The topological polar surface area (TPSA) is 64.4 Å². The minimum atomic E-state index is -0.936. The van der Waals surface area contributed by atoms with Crippen LogP contribution in [0.3, 0.4) is 0 Å². The molecule has 0 spiro atoms. The SMILES string of the molecule is CCc1nc2ccccc2n1CCOc1ccc(C(=O)O)cc1. The molecule has 0 bridgehead atoms. The predicted octanol–water partition coefficient (Wildman–Crippen LogP) is 3.38. The van der Waals surface area contributed by atoms with Gasteiger partial charge < -0.3 is 14.4 Å². The van der Waals surface area contributed by atoms with E-state index in [-0.39, 0.29) is 5.56 Å². The van der Waals surface area contributed by atoms with Crippen molar-refractivity contribution in [1.82, 2.24) is 9.55 Å². The van der Waals surface area contributed by atoms with Gasteiger partial charge in [-0.25, -0.2) is 9.78 Å². The summed E-state index contributed by atoms with van der Waals surface area (Å²) in [5.41, 5.74) is 2.36. The van der Waals surface area contributed by atoms with Gasteiger partial charge in [0.15, 0.2) is 0 Å². The molecule has 0 amide bonds. The number of hydrogen-bond acceptors (Lipinski definition) is 3. The first-order chi connectivity index (χ1) is 11.2. The second-order valence-electron chi connectivity index (χ2n) is 5.20. The number of aromatic nitrogens is 2. The first-order valence-corrected chi connectivity index (χ1v) is 7.59. The Morgan fingerprint density at radius 3 is 2.61 bits per heavy atom. The Kier molecular flexibility index (Phi) is 4.28. The van der Waals surface area contributed by atoms with Gasteiger partial charge in [0.2, 0.25) is 0 Å². The maximum absolute atomic E-state index is 10.8. The monoisotopic (exact) mass is 310 g/mol. The van der Waals surface area contributed by atoms with Crippen LogP contribution in [0.25, 0.3) is 11.0 Å². The van der Waals surface area contributed by atoms with Crippen molar-refractivity contribution in [2.24, 2.45) is 0 Å². The maximum Gasteiger partial charge on any atom is 0.335 e. The minimum absolute atomic E-state index is 0.256. The number of carbonyl (C=O) groups is 1. The van der Waals surface area contributed by atoms with Gasteiger partial charge in [-0.1, -0.05) is 19.1 Å². The third-order valence-corrected chi connectivity index (χ3v) is 3.73. The van der Waals surface area contributed by atoms with E-state index in [1.165, 1.54) is 0 Å². The van der Waals surface area contributed by atoms with E-state index in [0.29, 0.717) is 18.9 Å². The molecule has 0 aliphatic heterocycles. The molecule has 0 aliphatic rings. The van der Waals surface area contributed by atoms with Gasteiger partial charge in [0.25, 0.3) is 0 Å². The number of para-hydroxylation sites is 2. The largest absolute Gasteiger partial charge is 0.492 e. The van der Waals surface area contributed by atoms with Gasteiger partial charge >= 0.3 is 5.97 Å². The lowest BCUT2D eigenvalue weighted by molar-refractivity contribution is 0.0697. The van der Waals surface area contributed by atoms with Crippen molar-refractivity contribution in [2.45, 2.75) is 19.9 Å². The molecular weight excluding hydrogens is 292 g/mol. The fourth-order valence-corrected chi connectivity index (χ4v) is 2.59. The molecule has 0 atom stereocenters. The zero-order valence-corrected chi connectivity index (χ0v) is 12.9. The Labute approximate surface area is 134 Å². The molecule has 3 aromatic rings. The standard InChI is InChI=1S/C18H18N2O3/c1-2-17-19-15-5-3-4-6-16(15)20(17)11-12-23-14-9-7-13(8-10-14)18(21)22/h3-10H,2,11-12H2,1H3,(H,21,22). The number of aromatic carboxylic acids is 1. The predicted molar refractivity (Wildman–Crippen MR) is 88.0 cm³/mol. The fraction of sp³-hybridized carbons (Fsp3) is 0.222. The molecule has 5 nitrogen and oxygen atoms in total. The Balaban J connectivity index is 1.70. The number of imidazole rings is 1. The summed E-state index contributed by atoms with van der Waals surface area (Å²) >= 11 is 0. The van der Waals surface area contributed by atoms with Gasteiger partial charge in [-0.05, 0) is 36.4 Å². The van der Waals surface area contributed by atoms with Gasteiger partial charge in [0.05, 0.1) is 23.1 Å². The van der Waals surface area contributed by atoms with E-state index >= 15 is 0 Å². The summed E-state index contributed by atoms with van der Waals surface area (Å²) in [5, 5.41) is 8.88. The maximum atomic E-state index is 10.8. The smallest absolute Gasteiger partial charge is 0.335 e. The summed E-state index contributed by atoms with van der Waals surface area (Å²) < 4.78 is 7.89. The summed E-state index contributed by atoms with van der Waals surface area (Å²) in [6, 6.07) is 14.5. The molecule has 5 heteroatoms. The van der Waals surface area contributed by atoms with Gasteiger partial charge in [0, 0.05) is 6.42 Å². The number of fused-ring (bicyclic) bond motifs is 1. The average Bonchev–Trinajstić information content (AvgIpc) is 2.93. The summed E-state index contributed by atoms with van der Waals surface area (Å²) in [6.45, 7) is 3.29. The van der Waals surface area contributed by atoms with Crippen LogP contribution in [-0.2, 0) is 13.0 Å². The molecule has 1 heterocycles. The summed E-state index contributed by atoms with van der Waals surface area (Å²) in [5.74, 6) is 0.766. The molecule has 1 N–H and O–H groups in total. The number of aryl methyl sites for hydroxylation is 1. The lowest BCUT2D eigenvalue weighted by atomic mass is 10.2. The van der Waals surface area contributed by atoms with E-state index < -0.39 is 5.97 Å². The normalized spacial score (nSPS) is 10.8. The molecule has 2 aromatic carbocycles. The van der Waals surface area contributed by atoms with Crippen LogP contribution in [0, 0.1) is 0 Å². The van der Waals surface area contributed by atoms with Gasteiger partial charge in [0.1, 0.15) is 18.2 Å². The van der Waals surface area contributed by atoms with Crippen LogP contribution in [0.2, 0.25) is 0 Å². The average molecular weight is 310 g/mol. The Bertz CT molecular complexity index is 822. The van der Waals surface area contributed by atoms with Crippen LogP contribution in [-0.4, -0.2) is 27.2 Å². The van der Waals surface area contributed by atoms with Crippen LogP contribution >= 0.6 is 0 Å². The van der Waals surface area contributed by atoms with E-state index in [0.717, 1.165) is 23.3 Å². The quantitative estimate of drug-likeness (QED) is 0.758. The van der Waals surface area contributed by atoms with Gasteiger partial charge in [-0.2, -0.15) is 0 Å². The van der Waals surface area contributed by atoms with Crippen LogP contribution in [0.15, 0.2) is 48.5 Å². The van der Waals surface area contributed by atoms with Crippen molar-refractivity contribution in [3.05, 3.63) is 59.9 Å². The molecule has 0 saturated carbocycles. The molecule has 0 aliphatic carbocycles. The second kappa shape index (κ2) is 6.52. The van der Waals surface area contributed by atoms with Crippen molar-refractivity contribution in [3.63, 3.8) is 0 Å². The molecule has 3 rings (SSSR count). The molecule has 1 aromatic heterocycles. The fourth-order valence-electron chi connectivity index (χ4n) is 2.59.